The van der Waals surface area contributed by atoms with Crippen molar-refractivity contribution in [2.75, 3.05) is 40.4 Å². The number of carbonyl (C=O) groups is 1. The molecule has 0 saturated carbocycles. The van der Waals surface area contributed by atoms with E-state index in [1.54, 1.807) is 26.5 Å². The largest absolute Gasteiger partial charge is 0.493 e. The number of aromatic nitrogens is 5. The van der Waals surface area contributed by atoms with Crippen molar-refractivity contribution in [2.24, 2.45) is 0 Å². The van der Waals surface area contributed by atoms with Crippen molar-refractivity contribution in [2.45, 2.75) is 19.5 Å². The third kappa shape index (κ3) is 4.26. The van der Waals surface area contributed by atoms with Crippen molar-refractivity contribution in [3.05, 3.63) is 24.3 Å². The highest BCUT2D eigenvalue weighted by molar-refractivity contribution is 5.75. The standard InChI is InChI=1S/C16H23N7O3/c1-25-14-4-5-17-13(16(14)26-2)10-21-6-3-7-22(9-8-21)15(24)11-23-12-18-19-20-23/h4-5,12H,3,6-11H2,1-2H3. The monoisotopic (exact) mass is 361 g/mol. The molecular weight excluding hydrogens is 338 g/mol. The maximum absolute atomic E-state index is 12.4. The van der Waals surface area contributed by atoms with Gasteiger partial charge in [-0.25, -0.2) is 4.68 Å². The first-order valence-electron chi connectivity index (χ1n) is 8.48. The van der Waals surface area contributed by atoms with Crippen LogP contribution in [-0.2, 0) is 17.9 Å². The number of ether oxygens (including phenoxy) is 2. The summed E-state index contributed by atoms with van der Waals surface area (Å²) in [4.78, 5) is 21.0. The van der Waals surface area contributed by atoms with Crippen molar-refractivity contribution in [3.8, 4) is 11.5 Å². The van der Waals surface area contributed by atoms with Crippen LogP contribution in [0.4, 0.5) is 0 Å². The fourth-order valence-corrected chi connectivity index (χ4v) is 3.04. The Morgan fingerprint density at radius 1 is 1.19 bits per heavy atom. The van der Waals surface area contributed by atoms with Crippen molar-refractivity contribution in [1.29, 1.82) is 0 Å². The summed E-state index contributed by atoms with van der Waals surface area (Å²) in [7, 11) is 3.23. The fourth-order valence-electron chi connectivity index (χ4n) is 3.04. The lowest BCUT2D eigenvalue weighted by Gasteiger charge is -2.22. The molecular formula is C16H23N7O3. The molecule has 2 aromatic rings. The molecule has 0 bridgehead atoms. The maximum atomic E-state index is 12.4. The van der Waals surface area contributed by atoms with E-state index >= 15 is 0 Å². The van der Waals surface area contributed by atoms with Gasteiger partial charge < -0.3 is 14.4 Å². The molecule has 1 amide bonds. The highest BCUT2D eigenvalue weighted by Gasteiger charge is 2.21. The molecule has 3 rings (SSSR count). The molecule has 0 unspecified atom stereocenters. The Bertz CT molecular complexity index is 723. The summed E-state index contributed by atoms with van der Waals surface area (Å²) < 4.78 is 12.2. The molecule has 26 heavy (non-hydrogen) atoms. The van der Waals surface area contributed by atoms with Gasteiger partial charge in [0.25, 0.3) is 0 Å². The molecule has 0 N–H and O–H groups in total. The van der Waals surface area contributed by atoms with Gasteiger partial charge in [0.05, 0.1) is 14.2 Å². The zero-order valence-electron chi connectivity index (χ0n) is 15.0. The molecule has 10 nitrogen and oxygen atoms in total. The van der Waals surface area contributed by atoms with Crippen molar-refractivity contribution >= 4 is 5.91 Å². The van der Waals surface area contributed by atoms with Gasteiger partial charge in [-0.3, -0.25) is 14.7 Å². The van der Waals surface area contributed by atoms with Gasteiger partial charge in [-0.05, 0) is 16.8 Å². The van der Waals surface area contributed by atoms with E-state index in [1.807, 2.05) is 4.90 Å². The molecule has 1 saturated heterocycles. The summed E-state index contributed by atoms with van der Waals surface area (Å²) in [6, 6.07) is 1.78. The number of carbonyl (C=O) groups excluding carboxylic acids is 1. The van der Waals surface area contributed by atoms with Gasteiger partial charge in [0.2, 0.25) is 5.91 Å². The first-order chi connectivity index (χ1) is 12.7. The van der Waals surface area contributed by atoms with Crippen molar-refractivity contribution in [3.63, 3.8) is 0 Å². The van der Waals surface area contributed by atoms with Gasteiger partial charge in [0.1, 0.15) is 18.6 Å². The van der Waals surface area contributed by atoms with E-state index in [-0.39, 0.29) is 12.5 Å². The Morgan fingerprint density at radius 3 is 2.81 bits per heavy atom. The topological polar surface area (TPSA) is 98.5 Å². The molecule has 0 atom stereocenters. The fraction of sp³-hybridized carbons (Fsp3) is 0.562. The third-order valence-electron chi connectivity index (χ3n) is 4.37. The lowest BCUT2D eigenvalue weighted by atomic mass is 10.2. The minimum Gasteiger partial charge on any atom is -0.493 e. The van der Waals surface area contributed by atoms with E-state index in [2.05, 4.69) is 25.4 Å². The van der Waals surface area contributed by atoms with E-state index < -0.39 is 0 Å². The molecule has 140 valence electrons. The van der Waals surface area contributed by atoms with Crippen molar-refractivity contribution < 1.29 is 14.3 Å². The number of methoxy groups -OCH3 is 2. The second-order valence-corrected chi connectivity index (χ2v) is 6.01. The molecule has 0 spiro atoms. The summed E-state index contributed by atoms with van der Waals surface area (Å²) in [5, 5.41) is 10.8. The zero-order chi connectivity index (χ0) is 18.4. The smallest absolute Gasteiger partial charge is 0.244 e. The second kappa shape index (κ2) is 8.56. The number of tetrazole rings is 1. The van der Waals surface area contributed by atoms with Crippen LogP contribution in [0.5, 0.6) is 11.5 Å². The second-order valence-electron chi connectivity index (χ2n) is 6.01. The van der Waals surface area contributed by atoms with Crippen LogP contribution in [0.25, 0.3) is 0 Å². The van der Waals surface area contributed by atoms with E-state index in [4.69, 9.17) is 9.47 Å². The number of hydrogen-bond acceptors (Lipinski definition) is 8. The van der Waals surface area contributed by atoms with Gasteiger partial charge in [-0.15, -0.1) is 5.10 Å². The lowest BCUT2D eigenvalue weighted by Crippen LogP contribution is -2.37. The van der Waals surface area contributed by atoms with E-state index in [1.165, 1.54) is 11.0 Å². The summed E-state index contributed by atoms with van der Waals surface area (Å²) in [5.41, 5.74) is 0.834. The number of hydrogen-bond donors (Lipinski definition) is 0. The van der Waals surface area contributed by atoms with E-state index in [9.17, 15) is 4.79 Å². The highest BCUT2D eigenvalue weighted by atomic mass is 16.5. The average Bonchev–Trinajstić information content (AvgIpc) is 3.05. The molecule has 0 aliphatic carbocycles. The Balaban J connectivity index is 1.60. The number of nitrogens with zero attached hydrogens (tertiary/aromatic N) is 7. The third-order valence-corrected chi connectivity index (χ3v) is 4.37. The molecule has 1 aliphatic rings. The normalized spacial score (nSPS) is 15.5. The summed E-state index contributed by atoms with van der Waals surface area (Å²) >= 11 is 0. The zero-order valence-corrected chi connectivity index (χ0v) is 15.0. The predicted octanol–water partition coefficient (Wildman–Crippen LogP) is -0.180. The van der Waals surface area contributed by atoms with E-state index in [0.717, 1.165) is 31.7 Å². The first kappa shape index (κ1) is 18.1. The van der Waals surface area contributed by atoms with Crippen LogP contribution < -0.4 is 9.47 Å². The number of pyridine rings is 1. The molecule has 1 fully saturated rings. The summed E-state index contributed by atoms with van der Waals surface area (Å²) in [6.07, 6.45) is 4.06. The Kier molecular flexibility index (Phi) is 5.95. The van der Waals surface area contributed by atoms with Crippen LogP contribution in [0.2, 0.25) is 0 Å². The predicted molar refractivity (Wildman–Crippen MR) is 91.6 cm³/mol. The van der Waals surface area contributed by atoms with Crippen LogP contribution in [0, 0.1) is 0 Å². The minimum absolute atomic E-state index is 0.0243. The Morgan fingerprint density at radius 2 is 2.08 bits per heavy atom. The Hall–Kier alpha value is -2.75. The maximum Gasteiger partial charge on any atom is 0.244 e. The van der Waals surface area contributed by atoms with Crippen LogP contribution in [0.3, 0.4) is 0 Å². The molecule has 2 aromatic heterocycles. The van der Waals surface area contributed by atoms with Gasteiger partial charge in [0, 0.05) is 45.0 Å². The minimum atomic E-state index is 0.0243. The first-order valence-corrected chi connectivity index (χ1v) is 8.48. The van der Waals surface area contributed by atoms with Gasteiger partial charge in [-0.1, -0.05) is 0 Å². The van der Waals surface area contributed by atoms with Crippen LogP contribution in [-0.4, -0.2) is 81.3 Å². The van der Waals surface area contributed by atoms with Crippen molar-refractivity contribution in [1.82, 2.24) is 35.0 Å². The summed E-state index contributed by atoms with van der Waals surface area (Å²) in [6.45, 7) is 3.85. The molecule has 1 aliphatic heterocycles. The molecule has 0 radical (unpaired) electrons. The quantitative estimate of drug-likeness (QED) is 0.699. The van der Waals surface area contributed by atoms with Gasteiger partial charge >= 0.3 is 0 Å². The Labute approximate surface area is 151 Å². The molecule has 10 heteroatoms. The SMILES string of the molecule is COc1ccnc(CN2CCCN(C(=O)Cn3cnnn3)CC2)c1OC. The van der Waals surface area contributed by atoms with Crippen LogP contribution >= 0.6 is 0 Å². The van der Waals surface area contributed by atoms with Crippen LogP contribution in [0.15, 0.2) is 18.6 Å². The highest BCUT2D eigenvalue weighted by Crippen LogP contribution is 2.29. The number of amides is 1. The molecule has 0 aromatic carbocycles. The lowest BCUT2D eigenvalue weighted by molar-refractivity contribution is -0.131. The summed E-state index contributed by atoms with van der Waals surface area (Å²) in [5.74, 6) is 1.35. The van der Waals surface area contributed by atoms with E-state index in [0.29, 0.717) is 24.6 Å². The van der Waals surface area contributed by atoms with Crippen LogP contribution in [0.1, 0.15) is 12.1 Å². The van der Waals surface area contributed by atoms with Gasteiger partial charge in [-0.2, -0.15) is 0 Å². The number of rotatable bonds is 6. The average molecular weight is 361 g/mol. The van der Waals surface area contributed by atoms with Gasteiger partial charge in [0.15, 0.2) is 11.5 Å². The molecule has 3 heterocycles.